The minimum atomic E-state index is 1.02. The van der Waals surface area contributed by atoms with Crippen molar-refractivity contribution in [3.63, 3.8) is 0 Å². The zero-order chi connectivity index (χ0) is 10.7. The van der Waals surface area contributed by atoms with Crippen molar-refractivity contribution in [3.8, 4) is 5.69 Å². The van der Waals surface area contributed by atoms with Gasteiger partial charge in [-0.05, 0) is 25.0 Å². The Morgan fingerprint density at radius 3 is 2.67 bits per heavy atom. The molecule has 0 radical (unpaired) electrons. The molecule has 0 spiro atoms. The molecule has 0 atom stereocenters. The summed E-state index contributed by atoms with van der Waals surface area (Å²) in [6.07, 6.45) is 7.42. The predicted molar refractivity (Wildman–Crippen MR) is 61.0 cm³/mol. The molecule has 2 aromatic rings. The van der Waals surface area contributed by atoms with Crippen molar-refractivity contribution in [1.82, 2.24) is 4.57 Å². The molecule has 2 rings (SSSR count). The lowest BCUT2D eigenvalue weighted by Gasteiger charge is -2.02. The van der Waals surface area contributed by atoms with E-state index >= 15 is 0 Å². The van der Waals surface area contributed by atoms with Crippen molar-refractivity contribution in [3.05, 3.63) is 48.5 Å². The fourth-order valence-electron chi connectivity index (χ4n) is 1.79. The molecule has 0 saturated carbocycles. The first kappa shape index (κ1) is 9.97. The van der Waals surface area contributed by atoms with Gasteiger partial charge in [0.25, 0.3) is 0 Å². The third-order valence-corrected chi connectivity index (χ3v) is 2.71. The molecular formula is C13H17N2+. The summed E-state index contributed by atoms with van der Waals surface area (Å²) in [7, 11) is 0. The first-order chi connectivity index (χ1) is 7.35. The normalized spacial score (nSPS) is 10.5. The number of aryl methyl sites for hydroxylation is 2. The number of imidazole rings is 1. The van der Waals surface area contributed by atoms with Crippen molar-refractivity contribution in [2.45, 2.75) is 26.8 Å². The average Bonchev–Trinajstić information content (AvgIpc) is 2.77. The average molecular weight is 201 g/mol. The van der Waals surface area contributed by atoms with Gasteiger partial charge in [0.05, 0.1) is 6.54 Å². The predicted octanol–water partition coefficient (Wildman–Crippen LogP) is 2.35. The Kier molecular flexibility index (Phi) is 2.86. The van der Waals surface area contributed by atoms with Gasteiger partial charge >= 0.3 is 0 Å². The van der Waals surface area contributed by atoms with Gasteiger partial charge in [0, 0.05) is 0 Å². The molecule has 1 heterocycles. The van der Waals surface area contributed by atoms with Gasteiger partial charge < -0.3 is 0 Å². The monoisotopic (exact) mass is 201 g/mol. The van der Waals surface area contributed by atoms with Crippen LogP contribution >= 0.6 is 0 Å². The summed E-state index contributed by atoms with van der Waals surface area (Å²) in [5, 5.41) is 0. The minimum absolute atomic E-state index is 1.02. The standard InChI is InChI=1S/C13H17N2/c1-3-12-7-5-6-8-13(12)15-10-9-14(4-2)11-15/h5-11H,3-4H2,1-2H3/q+1. The minimum Gasteiger partial charge on any atom is -0.237 e. The number of para-hydroxylation sites is 1. The van der Waals surface area contributed by atoms with Crippen molar-refractivity contribution >= 4 is 0 Å². The molecular weight excluding hydrogens is 184 g/mol. The van der Waals surface area contributed by atoms with E-state index in [0.717, 1.165) is 13.0 Å². The lowest BCUT2D eigenvalue weighted by Crippen LogP contribution is -2.28. The molecule has 15 heavy (non-hydrogen) atoms. The highest BCUT2D eigenvalue weighted by Crippen LogP contribution is 2.13. The molecule has 0 N–H and O–H groups in total. The third-order valence-electron chi connectivity index (χ3n) is 2.71. The summed E-state index contributed by atoms with van der Waals surface area (Å²) >= 11 is 0. The third kappa shape index (κ3) is 1.94. The van der Waals surface area contributed by atoms with Crippen LogP contribution in [0.3, 0.4) is 0 Å². The molecule has 78 valence electrons. The second-order valence-corrected chi connectivity index (χ2v) is 3.63. The highest BCUT2D eigenvalue weighted by molar-refractivity contribution is 5.40. The fraction of sp³-hybridized carbons (Fsp3) is 0.308. The Hall–Kier alpha value is -1.57. The number of aromatic nitrogens is 2. The molecule has 1 aromatic carbocycles. The fourth-order valence-corrected chi connectivity index (χ4v) is 1.79. The van der Waals surface area contributed by atoms with Gasteiger partial charge in [-0.25, -0.2) is 9.13 Å². The van der Waals surface area contributed by atoms with Crippen LogP contribution in [0, 0.1) is 0 Å². The zero-order valence-corrected chi connectivity index (χ0v) is 9.35. The molecule has 0 unspecified atom stereocenters. The summed E-state index contributed by atoms with van der Waals surface area (Å²) in [6, 6.07) is 8.54. The number of hydrogen-bond donors (Lipinski definition) is 0. The van der Waals surface area contributed by atoms with Gasteiger partial charge in [-0.1, -0.05) is 25.1 Å². The van der Waals surface area contributed by atoms with E-state index in [4.69, 9.17) is 0 Å². The van der Waals surface area contributed by atoms with E-state index in [9.17, 15) is 0 Å². The molecule has 0 aliphatic rings. The SMILES string of the molecule is CCc1ccccc1-n1cc[n+](CC)c1. The van der Waals surface area contributed by atoms with Gasteiger partial charge in [-0.3, -0.25) is 0 Å². The Labute approximate surface area is 90.8 Å². The second-order valence-electron chi connectivity index (χ2n) is 3.63. The zero-order valence-electron chi connectivity index (χ0n) is 9.35. The van der Waals surface area contributed by atoms with Gasteiger partial charge in [0.1, 0.15) is 18.1 Å². The number of benzene rings is 1. The highest BCUT2D eigenvalue weighted by atomic mass is 15.1. The Morgan fingerprint density at radius 1 is 1.20 bits per heavy atom. The summed E-state index contributed by atoms with van der Waals surface area (Å²) in [6.45, 7) is 5.35. The van der Waals surface area contributed by atoms with Crippen LogP contribution < -0.4 is 4.57 Å². The van der Waals surface area contributed by atoms with Gasteiger partial charge in [0.2, 0.25) is 6.33 Å². The lowest BCUT2D eigenvalue weighted by molar-refractivity contribution is -0.692. The van der Waals surface area contributed by atoms with Gasteiger partial charge in [-0.15, -0.1) is 0 Å². The molecule has 2 heteroatoms. The van der Waals surface area contributed by atoms with Crippen molar-refractivity contribution in [1.29, 1.82) is 0 Å². The van der Waals surface area contributed by atoms with Crippen molar-refractivity contribution < 1.29 is 4.57 Å². The summed E-state index contributed by atoms with van der Waals surface area (Å²) in [5.74, 6) is 0. The Morgan fingerprint density at radius 2 is 2.00 bits per heavy atom. The van der Waals surface area contributed by atoms with Crippen LogP contribution in [0.25, 0.3) is 5.69 Å². The smallest absolute Gasteiger partial charge is 0.237 e. The molecule has 0 saturated heterocycles. The van der Waals surface area contributed by atoms with Gasteiger partial charge in [-0.2, -0.15) is 0 Å². The quantitative estimate of drug-likeness (QED) is 0.674. The van der Waals surface area contributed by atoms with Gasteiger partial charge in [0.15, 0.2) is 0 Å². The molecule has 0 aliphatic heterocycles. The topological polar surface area (TPSA) is 8.81 Å². The van der Waals surface area contributed by atoms with Crippen LogP contribution in [0.2, 0.25) is 0 Å². The molecule has 0 amide bonds. The molecule has 1 aromatic heterocycles. The van der Waals surface area contributed by atoms with E-state index < -0.39 is 0 Å². The van der Waals surface area contributed by atoms with E-state index in [1.165, 1.54) is 11.3 Å². The number of rotatable bonds is 3. The van der Waals surface area contributed by atoms with Crippen molar-refractivity contribution in [2.24, 2.45) is 0 Å². The maximum Gasteiger partial charge on any atom is 0.248 e. The van der Waals surface area contributed by atoms with Crippen molar-refractivity contribution in [2.75, 3.05) is 0 Å². The van der Waals surface area contributed by atoms with Crippen LogP contribution in [0.5, 0.6) is 0 Å². The summed E-state index contributed by atoms with van der Waals surface area (Å²) in [4.78, 5) is 0. The molecule has 0 aliphatic carbocycles. The first-order valence-electron chi connectivity index (χ1n) is 5.50. The number of hydrogen-bond acceptors (Lipinski definition) is 0. The summed E-state index contributed by atoms with van der Waals surface area (Å²) < 4.78 is 4.36. The Balaban J connectivity index is 2.44. The Bertz CT molecular complexity index is 443. The van der Waals surface area contributed by atoms with Crippen LogP contribution in [0.15, 0.2) is 43.0 Å². The lowest BCUT2D eigenvalue weighted by atomic mass is 10.1. The van der Waals surface area contributed by atoms with E-state index in [-0.39, 0.29) is 0 Å². The maximum absolute atomic E-state index is 2.19. The van der Waals surface area contributed by atoms with E-state index in [2.05, 4.69) is 66.0 Å². The highest BCUT2D eigenvalue weighted by Gasteiger charge is 2.08. The molecule has 0 bridgehead atoms. The van der Waals surface area contributed by atoms with Crippen LogP contribution in [0.4, 0.5) is 0 Å². The second kappa shape index (κ2) is 4.30. The van der Waals surface area contributed by atoms with E-state index in [1.807, 2.05) is 0 Å². The molecule has 2 nitrogen and oxygen atoms in total. The largest absolute Gasteiger partial charge is 0.248 e. The van der Waals surface area contributed by atoms with E-state index in [1.54, 1.807) is 0 Å². The number of nitrogens with zero attached hydrogens (tertiary/aromatic N) is 2. The van der Waals surface area contributed by atoms with Crippen LogP contribution in [-0.2, 0) is 13.0 Å². The van der Waals surface area contributed by atoms with Crippen LogP contribution in [0.1, 0.15) is 19.4 Å². The molecule has 0 fully saturated rings. The maximum atomic E-state index is 2.19. The van der Waals surface area contributed by atoms with Crippen LogP contribution in [-0.4, -0.2) is 4.57 Å². The first-order valence-corrected chi connectivity index (χ1v) is 5.50. The van der Waals surface area contributed by atoms with E-state index in [0.29, 0.717) is 0 Å². The summed E-state index contributed by atoms with van der Waals surface area (Å²) in [5.41, 5.74) is 2.67.